The topological polar surface area (TPSA) is 69.7 Å². The fourth-order valence-corrected chi connectivity index (χ4v) is 5.81. The van der Waals surface area contributed by atoms with E-state index < -0.39 is 10.0 Å². The molecule has 1 N–H and O–H groups in total. The average molecular weight is 380 g/mol. The maximum atomic E-state index is 13.1. The molecule has 2 aliphatic rings. The largest absolute Gasteiger partial charge is 0.337 e. The van der Waals surface area contributed by atoms with Crippen molar-refractivity contribution in [2.75, 3.05) is 33.2 Å². The Morgan fingerprint density at radius 2 is 1.92 bits per heavy atom. The molecule has 7 heteroatoms. The number of piperidine rings is 1. The minimum Gasteiger partial charge on any atom is -0.337 e. The van der Waals surface area contributed by atoms with Gasteiger partial charge in [-0.05, 0) is 49.4 Å². The Kier molecular flexibility index (Phi) is 5.69. The van der Waals surface area contributed by atoms with Gasteiger partial charge in [0.15, 0.2) is 0 Å². The third-order valence-corrected chi connectivity index (χ3v) is 7.28. The highest BCUT2D eigenvalue weighted by Crippen LogP contribution is 2.27. The van der Waals surface area contributed by atoms with Gasteiger partial charge >= 0.3 is 0 Å². The molecule has 0 aliphatic carbocycles. The molecule has 6 nitrogen and oxygen atoms in total. The molecule has 0 saturated carbocycles. The Balaban J connectivity index is 1.83. The van der Waals surface area contributed by atoms with E-state index in [-0.39, 0.29) is 16.8 Å². The molecule has 3 atom stereocenters. The van der Waals surface area contributed by atoms with Crippen molar-refractivity contribution < 1.29 is 13.2 Å². The fourth-order valence-electron chi connectivity index (χ4n) is 4.08. The number of nitrogens with one attached hydrogen (secondary N) is 1. The van der Waals surface area contributed by atoms with E-state index in [0.717, 1.165) is 25.9 Å². The van der Waals surface area contributed by atoms with Gasteiger partial charge in [-0.15, -0.1) is 0 Å². The number of carbonyl (C=O) groups is 1. The lowest BCUT2D eigenvalue weighted by molar-refractivity contribution is 0.0743. The number of hydrogen-bond acceptors (Lipinski definition) is 4. The predicted octanol–water partition coefficient (Wildman–Crippen LogP) is 1.79. The number of benzene rings is 1. The van der Waals surface area contributed by atoms with E-state index in [1.165, 1.54) is 6.07 Å². The second-order valence-corrected chi connectivity index (χ2v) is 9.80. The highest BCUT2D eigenvalue weighted by molar-refractivity contribution is 7.89. The van der Waals surface area contributed by atoms with Crippen LogP contribution >= 0.6 is 0 Å². The van der Waals surface area contributed by atoms with Crippen LogP contribution in [0.15, 0.2) is 29.2 Å². The van der Waals surface area contributed by atoms with Gasteiger partial charge in [0.1, 0.15) is 0 Å². The summed E-state index contributed by atoms with van der Waals surface area (Å²) in [6.45, 7) is 6.94. The normalized spacial score (nSPS) is 27.4. The highest BCUT2D eigenvalue weighted by Gasteiger charge is 2.32. The first-order chi connectivity index (χ1) is 12.3. The molecule has 0 radical (unpaired) electrons. The molecule has 144 valence electrons. The molecule has 3 unspecified atom stereocenters. The first-order valence-corrected chi connectivity index (χ1v) is 10.8. The zero-order valence-electron chi connectivity index (χ0n) is 15.8. The minimum atomic E-state index is -3.58. The van der Waals surface area contributed by atoms with E-state index in [9.17, 15) is 13.2 Å². The zero-order valence-corrected chi connectivity index (χ0v) is 16.6. The van der Waals surface area contributed by atoms with E-state index >= 15 is 0 Å². The van der Waals surface area contributed by atoms with Crippen LogP contribution < -0.4 is 5.32 Å². The summed E-state index contributed by atoms with van der Waals surface area (Å²) in [6, 6.07) is 6.64. The average Bonchev–Trinajstić information content (AvgIpc) is 3.14. The Morgan fingerprint density at radius 3 is 2.54 bits per heavy atom. The van der Waals surface area contributed by atoms with Crippen LogP contribution in [0.1, 0.15) is 37.0 Å². The maximum Gasteiger partial charge on any atom is 0.253 e. The van der Waals surface area contributed by atoms with Crippen LogP contribution in [0.4, 0.5) is 0 Å². The molecule has 3 rings (SSSR count). The number of rotatable bonds is 4. The van der Waals surface area contributed by atoms with Crippen LogP contribution in [0.2, 0.25) is 0 Å². The molecule has 1 aromatic carbocycles. The number of likely N-dealkylation sites (N-methyl/N-ethyl adjacent to an activating group) is 1. The van der Waals surface area contributed by atoms with Gasteiger partial charge in [0, 0.05) is 38.3 Å². The molecular formula is C19H29N3O3S. The fraction of sp³-hybridized carbons (Fsp3) is 0.632. The van der Waals surface area contributed by atoms with E-state index in [1.807, 2.05) is 0 Å². The first-order valence-electron chi connectivity index (χ1n) is 9.37. The third-order valence-electron chi connectivity index (χ3n) is 5.46. The summed E-state index contributed by atoms with van der Waals surface area (Å²) >= 11 is 0. The monoisotopic (exact) mass is 379 g/mol. The lowest BCUT2D eigenvalue weighted by Gasteiger charge is -2.34. The van der Waals surface area contributed by atoms with Gasteiger partial charge < -0.3 is 10.2 Å². The van der Waals surface area contributed by atoms with Gasteiger partial charge in [-0.2, -0.15) is 4.31 Å². The molecule has 2 heterocycles. The van der Waals surface area contributed by atoms with Crippen molar-refractivity contribution in [1.82, 2.24) is 14.5 Å². The molecule has 26 heavy (non-hydrogen) atoms. The number of hydrogen-bond donors (Lipinski definition) is 1. The summed E-state index contributed by atoms with van der Waals surface area (Å²) < 4.78 is 27.7. The Bertz CT molecular complexity index is 749. The molecule has 2 fully saturated rings. The first kappa shape index (κ1) is 19.3. The van der Waals surface area contributed by atoms with Gasteiger partial charge in [0.2, 0.25) is 10.0 Å². The highest BCUT2D eigenvalue weighted by atomic mass is 32.2. The molecule has 0 aromatic heterocycles. The quantitative estimate of drug-likeness (QED) is 0.866. The second kappa shape index (κ2) is 7.66. The molecule has 0 spiro atoms. The van der Waals surface area contributed by atoms with Crippen molar-refractivity contribution in [2.24, 2.45) is 11.8 Å². The van der Waals surface area contributed by atoms with Gasteiger partial charge in [0.25, 0.3) is 5.91 Å². The van der Waals surface area contributed by atoms with Gasteiger partial charge in [-0.1, -0.05) is 19.9 Å². The lowest BCUT2D eigenvalue weighted by atomic mass is 9.94. The van der Waals surface area contributed by atoms with Crippen molar-refractivity contribution in [3.05, 3.63) is 29.8 Å². The Hall–Kier alpha value is -1.44. The summed E-state index contributed by atoms with van der Waals surface area (Å²) in [4.78, 5) is 14.7. The van der Waals surface area contributed by atoms with Crippen LogP contribution in [-0.2, 0) is 10.0 Å². The second-order valence-electron chi connectivity index (χ2n) is 7.86. The van der Waals surface area contributed by atoms with E-state index in [2.05, 4.69) is 19.2 Å². The third kappa shape index (κ3) is 3.94. The van der Waals surface area contributed by atoms with Crippen molar-refractivity contribution in [3.63, 3.8) is 0 Å². The van der Waals surface area contributed by atoms with Crippen molar-refractivity contribution in [2.45, 2.75) is 37.6 Å². The molecule has 0 bridgehead atoms. The summed E-state index contributed by atoms with van der Waals surface area (Å²) in [5.41, 5.74) is 0.429. The summed E-state index contributed by atoms with van der Waals surface area (Å²) in [5, 5.41) is 3.25. The Labute approximate surface area is 156 Å². The van der Waals surface area contributed by atoms with Crippen molar-refractivity contribution in [3.8, 4) is 0 Å². The van der Waals surface area contributed by atoms with Crippen molar-refractivity contribution in [1.29, 1.82) is 0 Å². The zero-order chi connectivity index (χ0) is 18.9. The molecule has 1 aromatic rings. The number of nitrogens with zero attached hydrogens (tertiary/aromatic N) is 2. The van der Waals surface area contributed by atoms with Crippen LogP contribution in [0.25, 0.3) is 0 Å². The summed E-state index contributed by atoms with van der Waals surface area (Å²) in [5.74, 6) is 0.565. The van der Waals surface area contributed by atoms with E-state index in [1.54, 1.807) is 34.5 Å². The molecule has 2 saturated heterocycles. The molecular weight excluding hydrogens is 350 g/mol. The van der Waals surface area contributed by atoms with Crippen LogP contribution in [-0.4, -0.2) is 62.8 Å². The van der Waals surface area contributed by atoms with Crippen LogP contribution in [0.3, 0.4) is 0 Å². The minimum absolute atomic E-state index is 0.129. The number of amides is 1. The van der Waals surface area contributed by atoms with Crippen molar-refractivity contribution >= 4 is 15.9 Å². The standard InChI is InChI=1S/C19H29N3O3S/c1-14-9-15(2)13-22(12-14)26(24,25)18-6-4-5-16(10-18)19(23)21(3)17-7-8-20-11-17/h4-6,10,14-15,17,20H,7-9,11-13H2,1-3H3. The van der Waals surface area contributed by atoms with E-state index in [0.29, 0.717) is 30.5 Å². The maximum absolute atomic E-state index is 13.1. The predicted molar refractivity (Wildman–Crippen MR) is 102 cm³/mol. The molecule has 1 amide bonds. The van der Waals surface area contributed by atoms with Gasteiger partial charge in [-0.25, -0.2) is 8.42 Å². The smallest absolute Gasteiger partial charge is 0.253 e. The Morgan fingerprint density at radius 1 is 1.23 bits per heavy atom. The molecule has 2 aliphatic heterocycles. The lowest BCUT2D eigenvalue weighted by Crippen LogP contribution is -2.42. The van der Waals surface area contributed by atoms with Gasteiger partial charge in [0.05, 0.1) is 4.90 Å². The van der Waals surface area contributed by atoms with Gasteiger partial charge in [-0.3, -0.25) is 4.79 Å². The number of sulfonamides is 1. The van der Waals surface area contributed by atoms with E-state index in [4.69, 9.17) is 0 Å². The SMILES string of the molecule is CC1CC(C)CN(S(=O)(=O)c2cccc(C(=O)N(C)C3CCNC3)c2)C1. The number of carbonyl (C=O) groups excluding carboxylic acids is 1. The van der Waals surface area contributed by atoms with Crippen LogP contribution in [0.5, 0.6) is 0 Å². The summed E-state index contributed by atoms with van der Waals surface area (Å²) in [7, 11) is -1.79. The summed E-state index contributed by atoms with van der Waals surface area (Å²) in [6.07, 6.45) is 1.97. The van der Waals surface area contributed by atoms with Crippen LogP contribution in [0, 0.1) is 11.8 Å².